The standard InChI is InChI=1S/C30H25N5O2/c1-18-4-2-6-26-23(18)10-13-35(26)28(36)25-15-22(9-12-31-25)33-21-8-7-19-16-30(17-20(19)14-21)24-5-3-11-32-27(24)34-29(30)37/h2-9,11-12,14-15H,10,13,16-17H2,1H3,(H,31,33)(H,32,34,37). The predicted octanol–water partition coefficient (Wildman–Crippen LogP) is 4.72. The number of benzene rings is 2. The van der Waals surface area contributed by atoms with Crippen LogP contribution in [-0.4, -0.2) is 28.3 Å². The molecule has 1 atom stereocenters. The van der Waals surface area contributed by atoms with Crippen molar-refractivity contribution in [1.29, 1.82) is 0 Å². The van der Waals surface area contributed by atoms with Crippen molar-refractivity contribution in [2.75, 3.05) is 22.1 Å². The summed E-state index contributed by atoms with van der Waals surface area (Å²) >= 11 is 0. The molecule has 4 heterocycles. The van der Waals surface area contributed by atoms with Crippen molar-refractivity contribution in [3.63, 3.8) is 0 Å². The van der Waals surface area contributed by atoms with E-state index in [1.165, 1.54) is 16.7 Å². The Bertz CT molecular complexity index is 1610. The van der Waals surface area contributed by atoms with Crippen LogP contribution in [0.3, 0.4) is 0 Å². The van der Waals surface area contributed by atoms with Crippen molar-refractivity contribution in [3.05, 3.63) is 107 Å². The molecule has 182 valence electrons. The first-order valence-corrected chi connectivity index (χ1v) is 12.5. The van der Waals surface area contributed by atoms with Crippen molar-refractivity contribution in [2.24, 2.45) is 0 Å². The number of carbonyl (C=O) groups is 2. The molecule has 3 aliphatic rings. The van der Waals surface area contributed by atoms with Crippen LogP contribution in [0.2, 0.25) is 0 Å². The van der Waals surface area contributed by atoms with Crippen LogP contribution in [-0.2, 0) is 29.5 Å². The Balaban J connectivity index is 1.13. The van der Waals surface area contributed by atoms with E-state index in [9.17, 15) is 9.59 Å². The summed E-state index contributed by atoms with van der Waals surface area (Å²) in [6.45, 7) is 2.75. The second-order valence-corrected chi connectivity index (χ2v) is 10.1. The van der Waals surface area contributed by atoms with Crippen LogP contribution in [0.5, 0.6) is 0 Å². The number of carbonyl (C=O) groups excluding carboxylic acids is 2. The molecule has 2 amide bonds. The molecule has 2 aromatic heterocycles. The third-order valence-electron chi connectivity index (χ3n) is 7.96. The van der Waals surface area contributed by atoms with Crippen molar-refractivity contribution in [3.8, 4) is 0 Å². The molecule has 37 heavy (non-hydrogen) atoms. The van der Waals surface area contributed by atoms with Gasteiger partial charge in [0, 0.05) is 41.6 Å². The summed E-state index contributed by atoms with van der Waals surface area (Å²) in [4.78, 5) is 36.9. The fraction of sp³-hybridized carbons (Fsp3) is 0.200. The number of pyridine rings is 2. The third-order valence-corrected chi connectivity index (χ3v) is 7.96. The number of nitrogens with one attached hydrogen (secondary N) is 2. The molecule has 7 rings (SSSR count). The van der Waals surface area contributed by atoms with Gasteiger partial charge in [-0.1, -0.05) is 24.3 Å². The predicted molar refractivity (Wildman–Crippen MR) is 142 cm³/mol. The van der Waals surface area contributed by atoms with Gasteiger partial charge in [0.15, 0.2) is 0 Å². The van der Waals surface area contributed by atoms with Gasteiger partial charge in [0.25, 0.3) is 5.91 Å². The van der Waals surface area contributed by atoms with E-state index < -0.39 is 5.41 Å². The van der Waals surface area contributed by atoms with E-state index in [-0.39, 0.29) is 11.8 Å². The van der Waals surface area contributed by atoms with Gasteiger partial charge >= 0.3 is 0 Å². The number of fused-ring (bicyclic) bond motifs is 4. The fourth-order valence-electron chi connectivity index (χ4n) is 6.10. The fourth-order valence-corrected chi connectivity index (χ4v) is 6.10. The lowest BCUT2D eigenvalue weighted by Gasteiger charge is -2.20. The maximum atomic E-state index is 13.3. The van der Waals surface area contributed by atoms with E-state index >= 15 is 0 Å². The maximum absolute atomic E-state index is 13.3. The summed E-state index contributed by atoms with van der Waals surface area (Å²) in [5, 5.41) is 6.39. The van der Waals surface area contributed by atoms with Crippen molar-refractivity contribution in [2.45, 2.75) is 31.6 Å². The van der Waals surface area contributed by atoms with Crippen LogP contribution in [0, 0.1) is 6.92 Å². The van der Waals surface area contributed by atoms with Crippen LogP contribution in [0.4, 0.5) is 22.9 Å². The average Bonchev–Trinajstić information content (AvgIpc) is 3.58. The minimum absolute atomic E-state index is 0.0166. The molecule has 0 bridgehead atoms. The van der Waals surface area contributed by atoms with Gasteiger partial charge in [-0.15, -0.1) is 0 Å². The van der Waals surface area contributed by atoms with E-state index in [0.717, 1.165) is 34.6 Å². The summed E-state index contributed by atoms with van der Waals surface area (Å²) in [5.74, 6) is 0.592. The number of hydrogen-bond donors (Lipinski definition) is 2. The summed E-state index contributed by atoms with van der Waals surface area (Å²) in [7, 11) is 0. The molecule has 0 saturated carbocycles. The van der Waals surface area contributed by atoms with Gasteiger partial charge in [-0.25, -0.2) is 4.98 Å². The van der Waals surface area contributed by atoms with Gasteiger partial charge in [-0.2, -0.15) is 0 Å². The lowest BCUT2D eigenvalue weighted by Crippen LogP contribution is -2.35. The molecule has 7 nitrogen and oxygen atoms in total. The second kappa shape index (κ2) is 8.00. The molecular weight excluding hydrogens is 462 g/mol. The number of aryl methyl sites for hydroxylation is 1. The topological polar surface area (TPSA) is 87.2 Å². The molecule has 4 aromatic rings. The van der Waals surface area contributed by atoms with Gasteiger partial charge in [-0.05, 0) is 84.8 Å². The van der Waals surface area contributed by atoms with Crippen LogP contribution in [0.1, 0.15) is 38.3 Å². The van der Waals surface area contributed by atoms with E-state index in [0.29, 0.717) is 30.9 Å². The minimum atomic E-state index is -0.592. The van der Waals surface area contributed by atoms with Crippen LogP contribution >= 0.6 is 0 Å². The zero-order valence-corrected chi connectivity index (χ0v) is 20.4. The largest absolute Gasteiger partial charge is 0.355 e. The number of rotatable bonds is 3. The molecule has 1 aliphatic carbocycles. The molecule has 2 N–H and O–H groups in total. The first-order valence-electron chi connectivity index (χ1n) is 12.5. The number of hydrogen-bond acceptors (Lipinski definition) is 5. The first kappa shape index (κ1) is 21.7. The zero-order valence-electron chi connectivity index (χ0n) is 20.4. The minimum Gasteiger partial charge on any atom is -0.355 e. The van der Waals surface area contributed by atoms with E-state index in [4.69, 9.17) is 0 Å². The van der Waals surface area contributed by atoms with Crippen molar-refractivity contribution < 1.29 is 9.59 Å². The summed E-state index contributed by atoms with van der Waals surface area (Å²) in [6, 6.07) is 19.9. The molecule has 1 spiro atoms. The Morgan fingerprint density at radius 2 is 1.84 bits per heavy atom. The molecular formula is C30H25N5O2. The Kier molecular flexibility index (Phi) is 4.70. The molecule has 2 aliphatic heterocycles. The first-order chi connectivity index (χ1) is 18.0. The highest BCUT2D eigenvalue weighted by Crippen LogP contribution is 2.47. The van der Waals surface area contributed by atoms with Crippen LogP contribution < -0.4 is 15.5 Å². The van der Waals surface area contributed by atoms with Gasteiger partial charge in [-0.3, -0.25) is 14.6 Å². The van der Waals surface area contributed by atoms with Crippen LogP contribution in [0.25, 0.3) is 0 Å². The lowest BCUT2D eigenvalue weighted by atomic mass is 9.79. The monoisotopic (exact) mass is 487 g/mol. The molecule has 2 aromatic carbocycles. The Morgan fingerprint density at radius 1 is 0.973 bits per heavy atom. The van der Waals surface area contributed by atoms with Crippen molar-refractivity contribution >= 4 is 34.7 Å². The third kappa shape index (κ3) is 3.34. The van der Waals surface area contributed by atoms with Gasteiger partial charge < -0.3 is 15.5 Å². The molecule has 7 heteroatoms. The van der Waals surface area contributed by atoms with Crippen molar-refractivity contribution in [1.82, 2.24) is 9.97 Å². The normalized spacial score (nSPS) is 18.9. The Labute approximate surface area is 214 Å². The van der Waals surface area contributed by atoms with Gasteiger partial charge in [0.05, 0.1) is 5.41 Å². The SMILES string of the molecule is Cc1cccc2c1CCN2C(=O)c1cc(Nc2ccc3c(c2)CC2(C3)C(=O)Nc3ncccc32)ccn1. The number of nitrogens with zero attached hydrogens (tertiary/aromatic N) is 3. The Hall–Kier alpha value is -4.52. The maximum Gasteiger partial charge on any atom is 0.276 e. The zero-order chi connectivity index (χ0) is 25.1. The lowest BCUT2D eigenvalue weighted by molar-refractivity contribution is -0.120. The number of aromatic nitrogens is 2. The molecule has 1 unspecified atom stereocenters. The van der Waals surface area contributed by atoms with Gasteiger partial charge in [0.1, 0.15) is 11.5 Å². The summed E-state index contributed by atoms with van der Waals surface area (Å²) in [6.07, 6.45) is 5.53. The number of amides is 2. The highest BCUT2D eigenvalue weighted by atomic mass is 16.2. The Morgan fingerprint density at radius 3 is 2.76 bits per heavy atom. The molecule has 0 fully saturated rings. The number of anilines is 4. The highest BCUT2D eigenvalue weighted by molar-refractivity contribution is 6.07. The average molecular weight is 488 g/mol. The summed E-state index contributed by atoms with van der Waals surface area (Å²) in [5.41, 5.74) is 8.23. The molecule has 0 saturated heterocycles. The second-order valence-electron chi connectivity index (χ2n) is 10.1. The van der Waals surface area contributed by atoms with Gasteiger partial charge in [0.2, 0.25) is 5.91 Å². The van der Waals surface area contributed by atoms with Crippen LogP contribution in [0.15, 0.2) is 73.1 Å². The summed E-state index contributed by atoms with van der Waals surface area (Å²) < 4.78 is 0. The quantitative estimate of drug-likeness (QED) is 0.437. The smallest absolute Gasteiger partial charge is 0.276 e. The highest BCUT2D eigenvalue weighted by Gasteiger charge is 2.51. The van der Waals surface area contributed by atoms with E-state index in [1.54, 1.807) is 18.5 Å². The van der Waals surface area contributed by atoms with E-state index in [1.807, 2.05) is 41.3 Å². The van der Waals surface area contributed by atoms with E-state index in [2.05, 4.69) is 45.7 Å². The molecule has 0 radical (unpaired) electrons.